The number of nitrogens with one attached hydrogen (secondary N) is 3. The highest BCUT2D eigenvalue weighted by molar-refractivity contribution is 5.82. The molecular formula is C13H24N4O3. The Bertz CT molecular complexity index is 365. The maximum atomic E-state index is 11.9. The van der Waals surface area contributed by atoms with E-state index in [1.54, 1.807) is 4.90 Å². The van der Waals surface area contributed by atoms with E-state index in [0.29, 0.717) is 38.9 Å². The third kappa shape index (κ3) is 5.07. The molecule has 1 rings (SSSR count). The summed E-state index contributed by atoms with van der Waals surface area (Å²) in [5.74, 6) is 0.0676. The van der Waals surface area contributed by atoms with Crippen LogP contribution in [0.5, 0.6) is 0 Å². The lowest BCUT2D eigenvalue weighted by atomic mass is 10.1. The zero-order valence-corrected chi connectivity index (χ0v) is 12.4. The SMILES string of the molecule is CC(C)(C)N1CC(NC(=O)NCCCNC=O)CC1=O. The van der Waals surface area contributed by atoms with Crippen LogP contribution in [0.1, 0.15) is 33.6 Å². The Balaban J connectivity index is 2.27. The molecule has 3 N–H and O–H groups in total. The van der Waals surface area contributed by atoms with Gasteiger partial charge in [-0.15, -0.1) is 0 Å². The molecule has 0 radical (unpaired) electrons. The summed E-state index contributed by atoms with van der Waals surface area (Å²) in [5, 5.41) is 8.02. The van der Waals surface area contributed by atoms with Gasteiger partial charge in [0, 0.05) is 31.6 Å². The normalized spacial score (nSPS) is 18.9. The molecule has 4 amide bonds. The van der Waals surface area contributed by atoms with Gasteiger partial charge < -0.3 is 20.9 Å². The highest BCUT2D eigenvalue weighted by Gasteiger charge is 2.36. The zero-order chi connectivity index (χ0) is 15.2. The average molecular weight is 284 g/mol. The second kappa shape index (κ2) is 7.12. The first-order valence-corrected chi connectivity index (χ1v) is 6.86. The highest BCUT2D eigenvalue weighted by atomic mass is 16.2. The summed E-state index contributed by atoms with van der Waals surface area (Å²) >= 11 is 0. The fourth-order valence-corrected chi connectivity index (χ4v) is 2.14. The number of hydrogen-bond acceptors (Lipinski definition) is 3. The van der Waals surface area contributed by atoms with Crippen LogP contribution >= 0.6 is 0 Å². The van der Waals surface area contributed by atoms with Crippen LogP contribution in [-0.2, 0) is 9.59 Å². The van der Waals surface area contributed by atoms with E-state index in [1.165, 1.54) is 0 Å². The molecule has 0 aromatic heterocycles. The molecule has 0 aromatic rings. The van der Waals surface area contributed by atoms with Crippen LogP contribution in [0.15, 0.2) is 0 Å². The van der Waals surface area contributed by atoms with E-state index < -0.39 is 0 Å². The van der Waals surface area contributed by atoms with Crippen molar-refractivity contribution >= 4 is 18.3 Å². The van der Waals surface area contributed by atoms with Crippen LogP contribution in [-0.4, -0.2) is 54.5 Å². The third-order valence-corrected chi connectivity index (χ3v) is 3.14. The van der Waals surface area contributed by atoms with Crippen molar-refractivity contribution < 1.29 is 14.4 Å². The summed E-state index contributed by atoms with van der Waals surface area (Å²) in [6.07, 6.45) is 1.65. The molecule has 1 aliphatic heterocycles. The number of nitrogens with zero attached hydrogens (tertiary/aromatic N) is 1. The predicted molar refractivity (Wildman–Crippen MR) is 75.1 cm³/mol. The molecule has 0 bridgehead atoms. The summed E-state index contributed by atoms with van der Waals surface area (Å²) in [5.41, 5.74) is -0.218. The molecule has 1 aliphatic rings. The van der Waals surface area contributed by atoms with Gasteiger partial charge in [0.25, 0.3) is 0 Å². The van der Waals surface area contributed by atoms with E-state index >= 15 is 0 Å². The van der Waals surface area contributed by atoms with Gasteiger partial charge in [0.05, 0.1) is 6.04 Å². The van der Waals surface area contributed by atoms with Gasteiger partial charge >= 0.3 is 6.03 Å². The summed E-state index contributed by atoms with van der Waals surface area (Å²) in [6.45, 7) is 7.50. The summed E-state index contributed by atoms with van der Waals surface area (Å²) in [4.78, 5) is 35.3. The summed E-state index contributed by atoms with van der Waals surface area (Å²) in [7, 11) is 0. The van der Waals surface area contributed by atoms with Gasteiger partial charge in [-0.2, -0.15) is 0 Å². The maximum Gasteiger partial charge on any atom is 0.315 e. The van der Waals surface area contributed by atoms with Crippen LogP contribution in [0.4, 0.5) is 4.79 Å². The molecule has 0 spiro atoms. The fourth-order valence-electron chi connectivity index (χ4n) is 2.14. The lowest BCUT2D eigenvalue weighted by molar-refractivity contribution is -0.131. The Morgan fingerprint density at radius 1 is 1.40 bits per heavy atom. The molecular weight excluding hydrogens is 260 g/mol. The fraction of sp³-hybridized carbons (Fsp3) is 0.769. The minimum absolute atomic E-state index is 0.0676. The number of amides is 4. The Hall–Kier alpha value is -1.79. The highest BCUT2D eigenvalue weighted by Crippen LogP contribution is 2.21. The van der Waals surface area contributed by atoms with Crippen molar-refractivity contribution in [2.45, 2.75) is 45.2 Å². The van der Waals surface area contributed by atoms with Gasteiger partial charge in [0.2, 0.25) is 12.3 Å². The number of urea groups is 1. The third-order valence-electron chi connectivity index (χ3n) is 3.14. The average Bonchev–Trinajstić information content (AvgIpc) is 2.69. The largest absolute Gasteiger partial charge is 0.359 e. The molecule has 20 heavy (non-hydrogen) atoms. The van der Waals surface area contributed by atoms with Gasteiger partial charge in [-0.25, -0.2) is 4.79 Å². The Morgan fingerprint density at radius 3 is 2.65 bits per heavy atom. The Kier molecular flexibility index (Phi) is 5.79. The monoisotopic (exact) mass is 284 g/mol. The van der Waals surface area contributed by atoms with Gasteiger partial charge in [-0.1, -0.05) is 0 Å². The van der Waals surface area contributed by atoms with Gasteiger partial charge in [-0.3, -0.25) is 9.59 Å². The molecule has 7 nitrogen and oxygen atoms in total. The van der Waals surface area contributed by atoms with Crippen LogP contribution in [0.3, 0.4) is 0 Å². The van der Waals surface area contributed by atoms with Crippen LogP contribution in [0, 0.1) is 0 Å². The van der Waals surface area contributed by atoms with Gasteiger partial charge in [-0.05, 0) is 27.2 Å². The van der Waals surface area contributed by atoms with Crippen LogP contribution in [0.25, 0.3) is 0 Å². The Morgan fingerprint density at radius 2 is 2.10 bits per heavy atom. The van der Waals surface area contributed by atoms with Crippen molar-refractivity contribution in [1.82, 2.24) is 20.9 Å². The summed E-state index contributed by atoms with van der Waals surface area (Å²) < 4.78 is 0. The molecule has 0 aromatic carbocycles. The van der Waals surface area contributed by atoms with E-state index in [9.17, 15) is 14.4 Å². The molecule has 114 valence electrons. The lowest BCUT2D eigenvalue weighted by Gasteiger charge is -2.32. The summed E-state index contributed by atoms with van der Waals surface area (Å²) in [6, 6.07) is -0.417. The number of hydrogen-bond donors (Lipinski definition) is 3. The first kappa shape index (κ1) is 16.3. The quantitative estimate of drug-likeness (QED) is 0.467. The van der Waals surface area contributed by atoms with Crippen LogP contribution < -0.4 is 16.0 Å². The number of carbonyl (C=O) groups excluding carboxylic acids is 3. The van der Waals surface area contributed by atoms with Crippen LogP contribution in [0.2, 0.25) is 0 Å². The number of likely N-dealkylation sites (tertiary alicyclic amines) is 1. The van der Waals surface area contributed by atoms with E-state index in [-0.39, 0.29) is 23.5 Å². The molecule has 1 unspecified atom stereocenters. The molecule has 1 heterocycles. The van der Waals surface area contributed by atoms with Gasteiger partial charge in [0.1, 0.15) is 0 Å². The topological polar surface area (TPSA) is 90.5 Å². The van der Waals surface area contributed by atoms with E-state index in [1.807, 2.05) is 20.8 Å². The number of carbonyl (C=O) groups is 3. The van der Waals surface area contributed by atoms with Crippen molar-refractivity contribution in [2.75, 3.05) is 19.6 Å². The zero-order valence-electron chi connectivity index (χ0n) is 12.4. The standard InChI is InChI=1S/C13H24N4O3/c1-13(2,3)17-8-10(7-11(17)19)16-12(20)15-6-4-5-14-9-18/h9-10H,4-8H2,1-3H3,(H,14,18)(H2,15,16,20). The van der Waals surface area contributed by atoms with E-state index in [2.05, 4.69) is 16.0 Å². The molecule has 1 saturated heterocycles. The first-order chi connectivity index (χ1) is 9.34. The predicted octanol–water partition coefficient (Wildman–Crippen LogP) is -0.179. The second-order valence-corrected chi connectivity index (χ2v) is 5.90. The minimum atomic E-state index is -0.273. The number of rotatable bonds is 6. The molecule has 0 aliphatic carbocycles. The maximum absolute atomic E-state index is 11.9. The molecule has 7 heteroatoms. The van der Waals surface area contributed by atoms with Crippen molar-refractivity contribution in [3.63, 3.8) is 0 Å². The van der Waals surface area contributed by atoms with Crippen molar-refractivity contribution in [3.8, 4) is 0 Å². The minimum Gasteiger partial charge on any atom is -0.359 e. The lowest BCUT2D eigenvalue weighted by Crippen LogP contribution is -2.46. The molecule has 1 atom stereocenters. The smallest absolute Gasteiger partial charge is 0.315 e. The van der Waals surface area contributed by atoms with Gasteiger partial charge in [0.15, 0.2) is 0 Å². The molecule has 1 fully saturated rings. The Labute approximate surface area is 119 Å². The van der Waals surface area contributed by atoms with E-state index in [0.717, 1.165) is 0 Å². The van der Waals surface area contributed by atoms with Crippen molar-refractivity contribution in [1.29, 1.82) is 0 Å². The van der Waals surface area contributed by atoms with Crippen molar-refractivity contribution in [2.24, 2.45) is 0 Å². The molecule has 0 saturated carbocycles. The second-order valence-electron chi connectivity index (χ2n) is 5.90. The first-order valence-electron chi connectivity index (χ1n) is 6.86. The van der Waals surface area contributed by atoms with Crippen molar-refractivity contribution in [3.05, 3.63) is 0 Å². The van der Waals surface area contributed by atoms with E-state index in [4.69, 9.17) is 0 Å².